The maximum atomic E-state index is 13.6. The van der Waals surface area contributed by atoms with Crippen molar-refractivity contribution in [2.45, 2.75) is 20.3 Å². The Labute approximate surface area is 116 Å². The number of carbonyl (C=O) groups is 1. The highest BCUT2D eigenvalue weighted by Gasteiger charge is 2.13. The van der Waals surface area contributed by atoms with Crippen molar-refractivity contribution in [3.63, 3.8) is 0 Å². The molecule has 0 bridgehead atoms. The lowest BCUT2D eigenvalue weighted by Crippen LogP contribution is -2.13. The van der Waals surface area contributed by atoms with Crippen LogP contribution in [0.25, 0.3) is 0 Å². The standard InChI is InChI=1S/C13H15ClFNO3/c1-3-18-12(16-13(17)19-4-2)8-9-10(14)6-5-7-11(9)15/h5-7H,3-4,8H2,1-2H3. The first kappa shape index (κ1) is 15.4. The van der Waals surface area contributed by atoms with Crippen molar-refractivity contribution in [1.29, 1.82) is 0 Å². The predicted octanol–water partition coefficient (Wildman–Crippen LogP) is 3.61. The van der Waals surface area contributed by atoms with Crippen molar-refractivity contribution in [1.82, 2.24) is 0 Å². The van der Waals surface area contributed by atoms with Gasteiger partial charge >= 0.3 is 6.09 Å². The summed E-state index contributed by atoms with van der Waals surface area (Å²) >= 11 is 5.90. The quantitative estimate of drug-likeness (QED) is 0.628. The molecule has 1 amide bonds. The highest BCUT2D eigenvalue weighted by molar-refractivity contribution is 6.31. The molecule has 6 heteroatoms. The van der Waals surface area contributed by atoms with Gasteiger partial charge in [0.2, 0.25) is 0 Å². The molecular weight excluding hydrogens is 273 g/mol. The molecule has 0 aliphatic rings. The minimum atomic E-state index is -0.765. The van der Waals surface area contributed by atoms with Crippen LogP contribution in [0.1, 0.15) is 19.4 Å². The molecule has 0 saturated carbocycles. The second-order valence-corrected chi connectivity index (χ2v) is 3.92. The Morgan fingerprint density at radius 2 is 2.00 bits per heavy atom. The second-order valence-electron chi connectivity index (χ2n) is 3.51. The van der Waals surface area contributed by atoms with Crippen molar-refractivity contribution in [2.75, 3.05) is 13.2 Å². The van der Waals surface area contributed by atoms with E-state index in [0.717, 1.165) is 0 Å². The Morgan fingerprint density at radius 3 is 2.58 bits per heavy atom. The summed E-state index contributed by atoms with van der Waals surface area (Å²) in [6.07, 6.45) is -0.767. The lowest BCUT2D eigenvalue weighted by atomic mass is 10.1. The number of hydrogen-bond donors (Lipinski definition) is 0. The minimum Gasteiger partial charge on any atom is -0.481 e. The summed E-state index contributed by atoms with van der Waals surface area (Å²) in [5, 5.41) is 0.260. The van der Waals surface area contributed by atoms with Crippen molar-refractivity contribution < 1.29 is 18.7 Å². The summed E-state index contributed by atoms with van der Waals surface area (Å²) in [5.74, 6) is -0.392. The van der Waals surface area contributed by atoms with Gasteiger partial charge in [0, 0.05) is 10.6 Å². The molecule has 0 heterocycles. The van der Waals surface area contributed by atoms with Gasteiger partial charge in [-0.25, -0.2) is 9.18 Å². The minimum absolute atomic E-state index is 0.00182. The SMILES string of the molecule is CCOC(=O)N=C(Cc1c(F)cccc1Cl)OCC. The fourth-order valence-electron chi connectivity index (χ4n) is 1.40. The fourth-order valence-corrected chi connectivity index (χ4v) is 1.63. The lowest BCUT2D eigenvalue weighted by Gasteiger charge is -2.09. The first-order chi connectivity index (χ1) is 9.08. The first-order valence-corrected chi connectivity index (χ1v) is 6.26. The van der Waals surface area contributed by atoms with Crippen LogP contribution in [0.4, 0.5) is 9.18 Å². The first-order valence-electron chi connectivity index (χ1n) is 5.88. The van der Waals surface area contributed by atoms with Crippen LogP contribution in [0.3, 0.4) is 0 Å². The summed E-state index contributed by atoms with van der Waals surface area (Å²) < 4.78 is 23.5. The molecule has 19 heavy (non-hydrogen) atoms. The van der Waals surface area contributed by atoms with Gasteiger partial charge in [-0.3, -0.25) is 0 Å². The zero-order valence-electron chi connectivity index (χ0n) is 10.8. The van der Waals surface area contributed by atoms with Gasteiger partial charge in [-0.05, 0) is 26.0 Å². The fraction of sp³-hybridized carbons (Fsp3) is 0.385. The maximum Gasteiger partial charge on any atom is 0.436 e. The topological polar surface area (TPSA) is 47.9 Å². The molecule has 1 rings (SSSR count). The normalized spacial score (nSPS) is 11.3. The summed E-state index contributed by atoms with van der Waals surface area (Å²) in [6, 6.07) is 4.35. The van der Waals surface area contributed by atoms with Crippen molar-refractivity contribution >= 4 is 23.6 Å². The van der Waals surface area contributed by atoms with Crippen LogP contribution in [0.15, 0.2) is 23.2 Å². The van der Waals surface area contributed by atoms with E-state index in [1.165, 1.54) is 12.1 Å². The molecule has 0 radical (unpaired) electrons. The third-order valence-electron chi connectivity index (χ3n) is 2.18. The van der Waals surface area contributed by atoms with Gasteiger partial charge in [-0.1, -0.05) is 17.7 Å². The maximum absolute atomic E-state index is 13.6. The summed E-state index contributed by atoms with van der Waals surface area (Å²) in [7, 11) is 0. The zero-order valence-corrected chi connectivity index (χ0v) is 11.5. The average molecular weight is 288 g/mol. The van der Waals surface area contributed by atoms with Crippen LogP contribution < -0.4 is 0 Å². The van der Waals surface area contributed by atoms with E-state index in [2.05, 4.69) is 9.73 Å². The summed E-state index contributed by atoms with van der Waals surface area (Å²) in [5.41, 5.74) is 0.237. The molecular formula is C13H15ClFNO3. The molecule has 104 valence electrons. The molecule has 0 N–H and O–H groups in total. The van der Waals surface area contributed by atoms with Gasteiger partial charge in [-0.15, -0.1) is 4.99 Å². The van der Waals surface area contributed by atoms with E-state index in [4.69, 9.17) is 16.3 Å². The average Bonchev–Trinajstić information content (AvgIpc) is 2.34. The van der Waals surface area contributed by atoms with Crippen LogP contribution in [-0.4, -0.2) is 25.2 Å². The Kier molecular flexibility index (Phi) is 6.29. The number of carbonyl (C=O) groups excluding carboxylic acids is 1. The molecule has 1 aromatic carbocycles. The van der Waals surface area contributed by atoms with Crippen LogP contribution in [0.5, 0.6) is 0 Å². The monoisotopic (exact) mass is 287 g/mol. The summed E-state index contributed by atoms with van der Waals surface area (Å²) in [6.45, 7) is 3.93. The largest absolute Gasteiger partial charge is 0.481 e. The van der Waals surface area contributed by atoms with Gasteiger partial charge in [0.15, 0.2) is 5.90 Å². The van der Waals surface area contributed by atoms with E-state index >= 15 is 0 Å². The number of rotatable bonds is 4. The number of nitrogens with zero attached hydrogens (tertiary/aromatic N) is 1. The number of aliphatic imine (C=N–C) groups is 1. The van der Waals surface area contributed by atoms with Gasteiger partial charge in [-0.2, -0.15) is 0 Å². The number of ether oxygens (including phenoxy) is 2. The second kappa shape index (κ2) is 7.74. The third-order valence-corrected chi connectivity index (χ3v) is 2.54. The molecule has 0 unspecified atom stereocenters. The number of benzene rings is 1. The molecule has 1 aromatic rings. The van der Waals surface area contributed by atoms with E-state index in [-0.39, 0.29) is 29.5 Å². The number of halogens is 2. The third kappa shape index (κ3) is 4.87. The van der Waals surface area contributed by atoms with E-state index in [0.29, 0.717) is 6.61 Å². The van der Waals surface area contributed by atoms with Gasteiger partial charge in [0.25, 0.3) is 0 Å². The van der Waals surface area contributed by atoms with Crippen LogP contribution >= 0.6 is 11.6 Å². The van der Waals surface area contributed by atoms with Crippen LogP contribution in [0, 0.1) is 5.82 Å². The summed E-state index contributed by atoms with van der Waals surface area (Å²) in [4.78, 5) is 14.9. The lowest BCUT2D eigenvalue weighted by molar-refractivity contribution is 0.162. The molecule has 0 atom stereocenters. The highest BCUT2D eigenvalue weighted by atomic mass is 35.5. The van der Waals surface area contributed by atoms with E-state index in [9.17, 15) is 9.18 Å². The molecule has 0 saturated heterocycles. The van der Waals surface area contributed by atoms with E-state index < -0.39 is 11.9 Å². The van der Waals surface area contributed by atoms with Crippen molar-refractivity contribution in [2.24, 2.45) is 4.99 Å². The van der Waals surface area contributed by atoms with E-state index in [1.54, 1.807) is 19.9 Å². The van der Waals surface area contributed by atoms with Crippen molar-refractivity contribution in [3.8, 4) is 0 Å². The molecule has 0 fully saturated rings. The van der Waals surface area contributed by atoms with E-state index in [1.807, 2.05) is 0 Å². The Hall–Kier alpha value is -1.62. The zero-order chi connectivity index (χ0) is 14.3. The smallest absolute Gasteiger partial charge is 0.436 e. The molecule has 0 aliphatic carbocycles. The Bertz CT molecular complexity index is 457. The highest BCUT2D eigenvalue weighted by Crippen LogP contribution is 2.20. The van der Waals surface area contributed by atoms with Gasteiger partial charge < -0.3 is 9.47 Å². The Morgan fingerprint density at radius 1 is 1.32 bits per heavy atom. The van der Waals surface area contributed by atoms with Gasteiger partial charge in [0.05, 0.1) is 19.6 Å². The molecule has 4 nitrogen and oxygen atoms in total. The van der Waals surface area contributed by atoms with Crippen LogP contribution in [0.2, 0.25) is 5.02 Å². The van der Waals surface area contributed by atoms with Crippen LogP contribution in [-0.2, 0) is 15.9 Å². The van der Waals surface area contributed by atoms with Crippen molar-refractivity contribution in [3.05, 3.63) is 34.6 Å². The predicted molar refractivity (Wildman–Crippen MR) is 71.2 cm³/mol. The molecule has 0 aromatic heterocycles. The van der Waals surface area contributed by atoms with Gasteiger partial charge in [0.1, 0.15) is 5.82 Å². The molecule has 0 aliphatic heterocycles. The number of hydrogen-bond acceptors (Lipinski definition) is 3. The molecule has 0 spiro atoms. The Balaban J connectivity index is 2.92. The number of amides is 1.